The van der Waals surface area contributed by atoms with Gasteiger partial charge in [-0.3, -0.25) is 4.79 Å². The maximum absolute atomic E-state index is 12.2. The third-order valence-corrected chi connectivity index (χ3v) is 6.17. The van der Waals surface area contributed by atoms with Crippen LogP contribution in [-0.2, 0) is 9.59 Å². The Labute approximate surface area is 175 Å². The van der Waals surface area contributed by atoms with Crippen molar-refractivity contribution < 1.29 is 49.4 Å². The Kier molecular flexibility index (Phi) is 6.86. The minimum absolute atomic E-state index is 0. The fourth-order valence-corrected chi connectivity index (χ4v) is 4.65. The van der Waals surface area contributed by atoms with Crippen molar-refractivity contribution in [1.82, 2.24) is 15.1 Å². The summed E-state index contributed by atoms with van der Waals surface area (Å²) in [5.74, 6) is -1.83. The van der Waals surface area contributed by atoms with Gasteiger partial charge in [0.1, 0.15) is 5.51 Å². The summed E-state index contributed by atoms with van der Waals surface area (Å²) in [7, 11) is 0. The predicted octanol–water partition coefficient (Wildman–Crippen LogP) is -2.95. The number of aliphatic hydroxyl groups is 1. The minimum atomic E-state index is -1.36. The van der Waals surface area contributed by atoms with Gasteiger partial charge in [0.2, 0.25) is 5.91 Å². The van der Waals surface area contributed by atoms with Gasteiger partial charge in [0.05, 0.1) is 29.7 Å². The Balaban J connectivity index is 0.00000225. The predicted molar refractivity (Wildman–Crippen MR) is 86.8 cm³/mol. The fraction of sp³-hybridized carbons (Fsp3) is 0.467. The third-order valence-electron chi connectivity index (χ3n) is 4.36. The summed E-state index contributed by atoms with van der Waals surface area (Å²) in [4.78, 5) is 24.9. The summed E-state index contributed by atoms with van der Waals surface area (Å²) < 4.78 is 0.835. The summed E-state index contributed by atoms with van der Waals surface area (Å²) in [5, 5.41) is 28.9. The molecular formula is C15H16N3NaO4S2. The molecule has 1 aromatic rings. The van der Waals surface area contributed by atoms with Crippen LogP contribution in [0.4, 0.5) is 0 Å². The van der Waals surface area contributed by atoms with Gasteiger partial charge in [0, 0.05) is 11.7 Å². The number of aromatic nitrogens is 2. The van der Waals surface area contributed by atoms with Gasteiger partial charge in [0.15, 0.2) is 4.34 Å². The molecule has 0 unspecified atom stereocenters. The van der Waals surface area contributed by atoms with E-state index in [1.807, 2.05) is 13.0 Å². The number of carbonyl (C=O) groups excluding carboxylic acids is 2. The van der Waals surface area contributed by atoms with Crippen molar-refractivity contribution in [3.05, 3.63) is 28.9 Å². The standard InChI is InChI=1S/C15H17N3O4S2.Na/c1-7-9(4-3-5-23-15-17-16-6-24-15)12(14(21)22)18-11(7)10(8(2)19)13(18)20;/h3-4,6-8,10-11,19H,5H2,1-2H3,(H,21,22);/q;+1/p-1/b4-3+;/t7-,8+,10+,11+;/m0./s1. The van der Waals surface area contributed by atoms with Gasteiger partial charge in [-0.25, -0.2) is 0 Å². The molecule has 3 heterocycles. The van der Waals surface area contributed by atoms with Crippen LogP contribution in [0.5, 0.6) is 0 Å². The average molecular weight is 389 g/mol. The van der Waals surface area contributed by atoms with Crippen molar-refractivity contribution >= 4 is 35.0 Å². The molecule has 1 amide bonds. The van der Waals surface area contributed by atoms with Gasteiger partial charge in [-0.15, -0.1) is 10.2 Å². The number of carboxylic acids is 1. The first-order valence-electron chi connectivity index (χ1n) is 7.45. The average Bonchev–Trinajstić information content (AvgIpc) is 3.09. The van der Waals surface area contributed by atoms with Crippen LogP contribution in [0.25, 0.3) is 0 Å². The van der Waals surface area contributed by atoms with E-state index in [1.165, 1.54) is 28.0 Å². The molecule has 128 valence electrons. The molecule has 25 heavy (non-hydrogen) atoms. The van der Waals surface area contributed by atoms with Crippen LogP contribution in [0, 0.1) is 11.8 Å². The molecule has 1 saturated heterocycles. The number of amides is 1. The monoisotopic (exact) mass is 389 g/mol. The first-order chi connectivity index (χ1) is 11.4. The van der Waals surface area contributed by atoms with E-state index in [9.17, 15) is 19.8 Å². The molecular weight excluding hydrogens is 373 g/mol. The van der Waals surface area contributed by atoms with Gasteiger partial charge in [0.25, 0.3) is 0 Å². The van der Waals surface area contributed by atoms with Gasteiger partial charge in [-0.1, -0.05) is 42.2 Å². The molecule has 1 aromatic heterocycles. The second-order valence-electron chi connectivity index (χ2n) is 5.76. The Bertz CT molecular complexity index is 720. The normalized spacial score (nSPS) is 26.4. The van der Waals surface area contributed by atoms with E-state index in [0.29, 0.717) is 11.3 Å². The molecule has 0 radical (unpaired) electrons. The van der Waals surface area contributed by atoms with Crippen molar-refractivity contribution in [2.24, 2.45) is 11.8 Å². The number of aliphatic carboxylic acids is 1. The van der Waals surface area contributed by atoms with E-state index >= 15 is 0 Å². The molecule has 0 aliphatic carbocycles. The Hall–Kier alpha value is -0.710. The largest absolute Gasteiger partial charge is 1.00 e. The topological polar surface area (TPSA) is 106 Å². The molecule has 2 aliphatic rings. The number of rotatable bonds is 6. The Morgan fingerprint density at radius 3 is 2.88 bits per heavy atom. The fourth-order valence-electron chi connectivity index (χ4n) is 3.32. The summed E-state index contributed by atoms with van der Waals surface area (Å²) in [6.07, 6.45) is 2.77. The number of aliphatic hydroxyl groups excluding tert-OH is 1. The maximum atomic E-state index is 12.2. The SMILES string of the molecule is C[C@@H](O)[C@H]1C(=O)N2C(C(=O)[O-])=C(/C=C/CSc3nncs3)[C@H](C)[C@H]12.[Na+]. The molecule has 2 aliphatic heterocycles. The number of nitrogens with zero attached hydrogens (tertiary/aromatic N) is 3. The Morgan fingerprint density at radius 1 is 1.60 bits per heavy atom. The molecule has 1 N–H and O–H groups in total. The summed E-state index contributed by atoms with van der Waals surface area (Å²) in [5.41, 5.74) is 2.13. The van der Waals surface area contributed by atoms with Crippen LogP contribution in [0.15, 0.2) is 33.3 Å². The number of thioether (sulfide) groups is 1. The zero-order valence-corrected chi connectivity index (χ0v) is 17.7. The van der Waals surface area contributed by atoms with E-state index in [-0.39, 0.29) is 53.1 Å². The van der Waals surface area contributed by atoms with Crippen LogP contribution in [-0.4, -0.2) is 50.0 Å². The van der Waals surface area contributed by atoms with Gasteiger partial charge < -0.3 is 19.9 Å². The van der Waals surface area contributed by atoms with Crippen molar-refractivity contribution in [1.29, 1.82) is 0 Å². The number of β-lactam (4-membered cyclic amide) rings is 1. The van der Waals surface area contributed by atoms with Crippen LogP contribution in [0.2, 0.25) is 0 Å². The van der Waals surface area contributed by atoms with E-state index < -0.39 is 18.0 Å². The van der Waals surface area contributed by atoms with E-state index in [0.717, 1.165) is 4.34 Å². The number of hydrogen-bond donors (Lipinski definition) is 1. The summed E-state index contributed by atoms with van der Waals surface area (Å²) >= 11 is 2.93. The second kappa shape index (κ2) is 8.32. The molecule has 0 spiro atoms. The van der Waals surface area contributed by atoms with Crippen molar-refractivity contribution in [2.45, 2.75) is 30.3 Å². The van der Waals surface area contributed by atoms with Crippen LogP contribution >= 0.6 is 23.1 Å². The number of fused-ring (bicyclic) bond motifs is 1. The van der Waals surface area contributed by atoms with Crippen LogP contribution < -0.4 is 34.7 Å². The molecule has 0 saturated carbocycles. The van der Waals surface area contributed by atoms with Gasteiger partial charge >= 0.3 is 29.6 Å². The van der Waals surface area contributed by atoms with Crippen molar-refractivity contribution in [3.63, 3.8) is 0 Å². The number of carboxylic acid groups (broad SMARTS) is 1. The second-order valence-corrected chi connectivity index (χ2v) is 7.86. The summed E-state index contributed by atoms with van der Waals surface area (Å²) in [6.45, 7) is 3.42. The zero-order valence-electron chi connectivity index (χ0n) is 14.1. The summed E-state index contributed by atoms with van der Waals surface area (Å²) in [6, 6.07) is -0.319. The van der Waals surface area contributed by atoms with Crippen LogP contribution in [0.3, 0.4) is 0 Å². The molecule has 3 rings (SSSR count). The van der Waals surface area contributed by atoms with Crippen molar-refractivity contribution in [3.8, 4) is 0 Å². The quantitative estimate of drug-likeness (QED) is 0.315. The molecule has 4 atom stereocenters. The molecule has 0 aromatic carbocycles. The number of allylic oxidation sites excluding steroid dienone is 1. The zero-order chi connectivity index (χ0) is 17.4. The smallest absolute Gasteiger partial charge is 0.543 e. The Morgan fingerprint density at radius 2 is 2.32 bits per heavy atom. The molecule has 1 fully saturated rings. The van der Waals surface area contributed by atoms with E-state index in [4.69, 9.17) is 0 Å². The van der Waals surface area contributed by atoms with Crippen molar-refractivity contribution in [2.75, 3.05) is 5.75 Å². The molecule has 10 heteroatoms. The van der Waals surface area contributed by atoms with Gasteiger partial charge in [-0.2, -0.15) is 0 Å². The first kappa shape index (κ1) is 20.6. The number of hydrogen-bond acceptors (Lipinski definition) is 8. The number of carbonyl (C=O) groups is 2. The third kappa shape index (κ3) is 3.72. The first-order valence-corrected chi connectivity index (χ1v) is 9.32. The van der Waals surface area contributed by atoms with Crippen LogP contribution in [0.1, 0.15) is 13.8 Å². The van der Waals surface area contributed by atoms with Gasteiger partial charge in [-0.05, 0) is 12.5 Å². The minimum Gasteiger partial charge on any atom is -0.543 e. The molecule has 0 bridgehead atoms. The van der Waals surface area contributed by atoms with E-state index in [2.05, 4.69) is 10.2 Å². The molecule has 7 nitrogen and oxygen atoms in total. The van der Waals surface area contributed by atoms with E-state index in [1.54, 1.807) is 18.5 Å². The maximum Gasteiger partial charge on any atom is 1.00 e.